The Morgan fingerprint density at radius 1 is 1.02 bits per heavy atom. The summed E-state index contributed by atoms with van der Waals surface area (Å²) in [5.41, 5.74) is 0.516. The van der Waals surface area contributed by atoms with Crippen LogP contribution in [0.4, 0.5) is 14.9 Å². The fourth-order valence-corrected chi connectivity index (χ4v) is 7.08. The van der Waals surface area contributed by atoms with E-state index in [4.69, 9.17) is 9.47 Å². The first-order valence-corrected chi connectivity index (χ1v) is 17.9. The first-order chi connectivity index (χ1) is 22.8. The third kappa shape index (κ3) is 8.22. The minimum Gasteiger partial charge on any atom is -0.445 e. The highest BCUT2D eigenvalue weighted by atomic mass is 32.2. The van der Waals surface area contributed by atoms with Gasteiger partial charge in [-0.05, 0) is 87.4 Å². The van der Waals surface area contributed by atoms with E-state index < -0.39 is 50.3 Å². The van der Waals surface area contributed by atoms with Gasteiger partial charge in [0.05, 0.1) is 28.6 Å². The fraction of sp³-hybridized carbons (Fsp3) is 0.472. The summed E-state index contributed by atoms with van der Waals surface area (Å²) in [6.45, 7) is 7.27. The third-order valence-corrected chi connectivity index (χ3v) is 11.3. The van der Waals surface area contributed by atoms with E-state index in [-0.39, 0.29) is 25.3 Å². The third-order valence-electron chi connectivity index (χ3n) is 9.04. The Labute approximate surface area is 282 Å². The maximum atomic E-state index is 15.5. The Hall–Kier alpha value is -3.87. The number of pyridine rings is 1. The van der Waals surface area contributed by atoms with Gasteiger partial charge in [-0.25, -0.2) is 22.3 Å². The Bertz CT molecular complexity index is 1680. The molecule has 1 aliphatic carbocycles. The maximum absolute atomic E-state index is 15.5. The van der Waals surface area contributed by atoms with Crippen LogP contribution in [0.2, 0.25) is 0 Å². The topological polar surface area (TPSA) is 127 Å². The Morgan fingerprint density at radius 2 is 1.73 bits per heavy atom. The number of nitrogens with one attached hydrogen (secondary N) is 2. The van der Waals surface area contributed by atoms with Crippen molar-refractivity contribution in [3.05, 3.63) is 95.6 Å². The number of hydrogen-bond acceptors (Lipinski definition) is 7. The molecule has 2 amide bonds. The SMILES string of the molecule is CCO[C@@H]1C[C@H](C(=O)Nc2cc([C@@](CCC3CC3)(NS(=O)(=O)C(C)(C)C)c3ccncc3)ccc2F)N(C(=O)OCc2ccccc2)C1. The van der Waals surface area contributed by atoms with Gasteiger partial charge in [0.2, 0.25) is 15.9 Å². The second-order valence-corrected chi connectivity index (χ2v) is 16.0. The Morgan fingerprint density at radius 3 is 2.38 bits per heavy atom. The van der Waals surface area contributed by atoms with E-state index in [1.54, 1.807) is 51.4 Å². The Balaban J connectivity index is 1.46. The molecule has 10 nitrogen and oxygen atoms in total. The summed E-state index contributed by atoms with van der Waals surface area (Å²) >= 11 is 0. The van der Waals surface area contributed by atoms with E-state index in [2.05, 4.69) is 15.0 Å². The molecular weight excluding hydrogens is 635 g/mol. The number of amides is 2. The number of carbonyl (C=O) groups excluding carboxylic acids is 2. The van der Waals surface area contributed by atoms with Crippen LogP contribution in [0.3, 0.4) is 0 Å². The van der Waals surface area contributed by atoms with Crippen molar-refractivity contribution in [1.29, 1.82) is 0 Å². The number of benzene rings is 2. The van der Waals surface area contributed by atoms with E-state index in [9.17, 15) is 18.0 Å². The van der Waals surface area contributed by atoms with E-state index >= 15 is 4.39 Å². The molecule has 3 aromatic rings. The van der Waals surface area contributed by atoms with Crippen LogP contribution in [0, 0.1) is 11.7 Å². The van der Waals surface area contributed by atoms with Gasteiger partial charge in [-0.2, -0.15) is 0 Å². The van der Waals surface area contributed by atoms with E-state index in [0.29, 0.717) is 30.1 Å². The average molecular weight is 681 g/mol. The lowest BCUT2D eigenvalue weighted by Crippen LogP contribution is -2.52. The average Bonchev–Trinajstić information content (AvgIpc) is 3.80. The second-order valence-electron chi connectivity index (χ2n) is 13.5. The molecule has 0 unspecified atom stereocenters. The number of sulfonamides is 1. The summed E-state index contributed by atoms with van der Waals surface area (Å²) in [6, 6.07) is 16.0. The highest BCUT2D eigenvalue weighted by Gasteiger charge is 2.44. The zero-order chi connectivity index (χ0) is 34.5. The number of likely N-dealkylation sites (tertiary alicyclic amines) is 1. The largest absolute Gasteiger partial charge is 0.445 e. The zero-order valence-electron chi connectivity index (χ0n) is 27.9. The second kappa shape index (κ2) is 14.7. The zero-order valence-corrected chi connectivity index (χ0v) is 28.8. The van der Waals surface area contributed by atoms with Gasteiger partial charge in [0.15, 0.2) is 0 Å². The molecule has 2 N–H and O–H groups in total. The van der Waals surface area contributed by atoms with Crippen LogP contribution in [-0.4, -0.2) is 60.3 Å². The molecular formula is C36H45FN4O6S. The molecule has 0 bridgehead atoms. The summed E-state index contributed by atoms with van der Waals surface area (Å²) < 4.78 is 56.2. The summed E-state index contributed by atoms with van der Waals surface area (Å²) in [6.07, 6.45) is 5.61. The molecule has 1 saturated carbocycles. The van der Waals surface area contributed by atoms with Crippen molar-refractivity contribution in [3.8, 4) is 0 Å². The molecule has 0 radical (unpaired) electrons. The number of rotatable bonds is 13. The minimum atomic E-state index is -3.92. The predicted molar refractivity (Wildman–Crippen MR) is 181 cm³/mol. The van der Waals surface area contributed by atoms with Crippen LogP contribution in [0.25, 0.3) is 0 Å². The number of carbonyl (C=O) groups is 2. The quantitative estimate of drug-likeness (QED) is 0.223. The molecule has 1 saturated heterocycles. The predicted octanol–water partition coefficient (Wildman–Crippen LogP) is 6.13. The van der Waals surface area contributed by atoms with E-state index in [1.165, 1.54) is 17.0 Å². The van der Waals surface area contributed by atoms with Gasteiger partial charge in [-0.15, -0.1) is 0 Å². The van der Waals surface area contributed by atoms with Crippen molar-refractivity contribution in [2.24, 2.45) is 5.92 Å². The number of halogens is 1. The normalized spacial score (nSPS) is 19.5. The van der Waals surface area contributed by atoms with Crippen molar-refractivity contribution in [3.63, 3.8) is 0 Å². The highest BCUT2D eigenvalue weighted by Crippen LogP contribution is 2.43. The number of nitrogens with zero attached hydrogens (tertiary/aromatic N) is 2. The Kier molecular flexibility index (Phi) is 10.9. The van der Waals surface area contributed by atoms with Crippen LogP contribution in [0.15, 0.2) is 73.1 Å². The molecule has 2 fully saturated rings. The molecule has 1 aliphatic heterocycles. The van der Waals surface area contributed by atoms with Crippen molar-refractivity contribution < 1.29 is 31.9 Å². The van der Waals surface area contributed by atoms with Gasteiger partial charge in [0.25, 0.3) is 0 Å². The molecule has 12 heteroatoms. The van der Waals surface area contributed by atoms with Gasteiger partial charge < -0.3 is 14.8 Å². The summed E-state index contributed by atoms with van der Waals surface area (Å²) in [7, 11) is -3.92. The van der Waals surface area contributed by atoms with Crippen LogP contribution in [-0.2, 0) is 36.4 Å². The molecule has 3 atom stereocenters. The molecule has 258 valence electrons. The molecule has 5 rings (SSSR count). The first kappa shape index (κ1) is 35.4. The van der Waals surface area contributed by atoms with Crippen LogP contribution < -0.4 is 10.0 Å². The van der Waals surface area contributed by atoms with Crippen LogP contribution >= 0.6 is 0 Å². The maximum Gasteiger partial charge on any atom is 0.410 e. The van der Waals surface area contributed by atoms with E-state index in [1.807, 2.05) is 37.3 Å². The number of aromatic nitrogens is 1. The molecule has 1 aromatic heterocycles. The lowest BCUT2D eigenvalue weighted by atomic mass is 9.79. The molecule has 2 heterocycles. The van der Waals surface area contributed by atoms with Gasteiger partial charge in [0, 0.05) is 25.4 Å². The number of hydrogen-bond donors (Lipinski definition) is 2. The van der Waals surface area contributed by atoms with Gasteiger partial charge in [0.1, 0.15) is 18.5 Å². The molecule has 0 spiro atoms. The highest BCUT2D eigenvalue weighted by molar-refractivity contribution is 7.90. The lowest BCUT2D eigenvalue weighted by Gasteiger charge is -2.38. The van der Waals surface area contributed by atoms with Crippen LogP contribution in [0.5, 0.6) is 0 Å². The van der Waals surface area contributed by atoms with Crippen molar-refractivity contribution in [1.82, 2.24) is 14.6 Å². The van der Waals surface area contributed by atoms with Gasteiger partial charge in [-0.1, -0.05) is 49.2 Å². The first-order valence-electron chi connectivity index (χ1n) is 16.5. The summed E-state index contributed by atoms with van der Waals surface area (Å²) in [4.78, 5) is 32.5. The monoisotopic (exact) mass is 680 g/mol. The lowest BCUT2D eigenvalue weighted by molar-refractivity contribution is -0.120. The summed E-state index contributed by atoms with van der Waals surface area (Å²) in [5, 5.41) is 2.70. The van der Waals surface area contributed by atoms with Gasteiger partial charge >= 0.3 is 6.09 Å². The molecule has 2 aliphatic rings. The minimum absolute atomic E-state index is 0.0307. The standard InChI is InChI=1S/C36H45FN4O6S/c1-5-46-29-22-32(41(23-29)34(43)47-24-26-9-7-6-8-10-26)33(42)39-31-21-28(13-14-30(31)37)36(18-15-25-11-12-25,27-16-19-38-20-17-27)40-48(44,45)35(2,3)4/h6-10,13-14,16-17,19-21,25,29,32,40H,5,11-12,15,18,22-24H2,1-4H3,(H,39,42)/t29-,32-,36+/m1/s1. The van der Waals surface area contributed by atoms with Crippen LogP contribution in [0.1, 0.15) is 76.5 Å². The van der Waals surface area contributed by atoms with Crippen molar-refractivity contribution >= 4 is 27.7 Å². The number of anilines is 1. The van der Waals surface area contributed by atoms with Crippen molar-refractivity contribution in [2.75, 3.05) is 18.5 Å². The molecule has 2 aromatic carbocycles. The fourth-order valence-electron chi connectivity index (χ4n) is 5.98. The van der Waals surface area contributed by atoms with Gasteiger partial charge in [-0.3, -0.25) is 14.7 Å². The molecule has 48 heavy (non-hydrogen) atoms. The van der Waals surface area contributed by atoms with E-state index in [0.717, 1.165) is 24.8 Å². The number of ether oxygens (including phenoxy) is 2. The smallest absolute Gasteiger partial charge is 0.410 e. The summed E-state index contributed by atoms with van der Waals surface area (Å²) in [5.74, 6) is -0.833. The van der Waals surface area contributed by atoms with Crippen molar-refractivity contribution in [2.45, 2.75) is 88.8 Å².